The summed E-state index contributed by atoms with van der Waals surface area (Å²) in [7, 11) is 0. The zero-order chi connectivity index (χ0) is 14.0. The van der Waals surface area contributed by atoms with E-state index in [9.17, 15) is 4.79 Å². The van der Waals surface area contributed by atoms with Crippen molar-refractivity contribution in [3.63, 3.8) is 0 Å². The van der Waals surface area contributed by atoms with E-state index in [2.05, 4.69) is 42.8 Å². The number of nitrogens with zero attached hydrogens (tertiary/aromatic N) is 2. The third kappa shape index (κ3) is 2.79. The van der Waals surface area contributed by atoms with Crippen LogP contribution >= 0.6 is 0 Å². The van der Waals surface area contributed by atoms with Crippen LogP contribution in [0.5, 0.6) is 0 Å². The molecular formula is C15H29N3O. The molecule has 2 fully saturated rings. The van der Waals surface area contributed by atoms with Crippen molar-refractivity contribution in [3.8, 4) is 0 Å². The number of amides is 1. The van der Waals surface area contributed by atoms with Gasteiger partial charge in [0.15, 0.2) is 0 Å². The number of carbonyl (C=O) groups is 1. The Bertz CT molecular complexity index is 313. The summed E-state index contributed by atoms with van der Waals surface area (Å²) in [6.07, 6.45) is 0.994. The second-order valence-corrected chi connectivity index (χ2v) is 6.66. The first-order valence-electron chi connectivity index (χ1n) is 7.71. The van der Waals surface area contributed by atoms with Gasteiger partial charge in [0, 0.05) is 38.8 Å². The summed E-state index contributed by atoms with van der Waals surface area (Å²) >= 11 is 0. The van der Waals surface area contributed by atoms with Crippen LogP contribution in [0.25, 0.3) is 0 Å². The summed E-state index contributed by atoms with van der Waals surface area (Å²) in [4.78, 5) is 17.5. The Kier molecular flexibility index (Phi) is 4.51. The van der Waals surface area contributed by atoms with E-state index >= 15 is 0 Å². The Balaban J connectivity index is 2.00. The van der Waals surface area contributed by atoms with Gasteiger partial charge in [0.05, 0.1) is 5.41 Å². The standard InChI is InChI=1S/C15H29N3O/c1-12(2)15(5-6-16-11-15)14(19)18-9-7-17(8-10-18)13(3)4/h12-13,16H,5-11H2,1-4H3. The van der Waals surface area contributed by atoms with Crippen LogP contribution < -0.4 is 5.32 Å². The monoisotopic (exact) mass is 267 g/mol. The number of nitrogens with one attached hydrogen (secondary N) is 1. The minimum Gasteiger partial charge on any atom is -0.340 e. The maximum Gasteiger partial charge on any atom is 0.230 e. The number of hydrogen-bond donors (Lipinski definition) is 1. The van der Waals surface area contributed by atoms with Crippen LogP contribution in [0.4, 0.5) is 0 Å². The molecule has 0 aliphatic carbocycles. The van der Waals surface area contributed by atoms with Gasteiger partial charge in [-0.1, -0.05) is 13.8 Å². The highest BCUT2D eigenvalue weighted by atomic mass is 16.2. The molecule has 0 aromatic carbocycles. The van der Waals surface area contributed by atoms with Crippen molar-refractivity contribution >= 4 is 5.91 Å². The molecule has 2 aliphatic heterocycles. The highest BCUT2D eigenvalue weighted by Crippen LogP contribution is 2.36. The second-order valence-electron chi connectivity index (χ2n) is 6.66. The van der Waals surface area contributed by atoms with Crippen LogP contribution in [0, 0.1) is 11.3 Å². The summed E-state index contributed by atoms with van der Waals surface area (Å²) in [6.45, 7) is 14.5. The smallest absolute Gasteiger partial charge is 0.230 e. The van der Waals surface area contributed by atoms with Gasteiger partial charge < -0.3 is 10.2 Å². The van der Waals surface area contributed by atoms with Gasteiger partial charge in [-0.3, -0.25) is 9.69 Å². The van der Waals surface area contributed by atoms with E-state index in [4.69, 9.17) is 0 Å². The van der Waals surface area contributed by atoms with Crippen LogP contribution in [0.15, 0.2) is 0 Å². The molecule has 0 aromatic rings. The lowest BCUT2D eigenvalue weighted by atomic mass is 9.75. The van der Waals surface area contributed by atoms with Gasteiger partial charge in [0.25, 0.3) is 0 Å². The molecule has 1 amide bonds. The van der Waals surface area contributed by atoms with Crippen molar-refractivity contribution in [1.82, 2.24) is 15.1 Å². The number of rotatable bonds is 3. The topological polar surface area (TPSA) is 35.6 Å². The molecule has 0 saturated carbocycles. The molecule has 2 heterocycles. The Morgan fingerprint density at radius 2 is 1.74 bits per heavy atom. The highest BCUT2D eigenvalue weighted by molar-refractivity contribution is 5.84. The average molecular weight is 267 g/mol. The molecule has 4 heteroatoms. The van der Waals surface area contributed by atoms with Gasteiger partial charge >= 0.3 is 0 Å². The Hall–Kier alpha value is -0.610. The van der Waals surface area contributed by atoms with Crippen LogP contribution in [0.2, 0.25) is 0 Å². The third-order valence-electron chi connectivity index (χ3n) is 5.05. The molecule has 19 heavy (non-hydrogen) atoms. The molecule has 110 valence electrons. The lowest BCUT2D eigenvalue weighted by Gasteiger charge is -2.42. The van der Waals surface area contributed by atoms with E-state index in [1.54, 1.807) is 0 Å². The number of carbonyl (C=O) groups excluding carboxylic acids is 1. The van der Waals surface area contributed by atoms with Crippen molar-refractivity contribution in [2.24, 2.45) is 11.3 Å². The first-order chi connectivity index (χ1) is 8.97. The van der Waals surface area contributed by atoms with Gasteiger partial charge in [0.1, 0.15) is 0 Å². The zero-order valence-corrected chi connectivity index (χ0v) is 12.9. The van der Waals surface area contributed by atoms with Gasteiger partial charge in [0.2, 0.25) is 5.91 Å². The first kappa shape index (κ1) is 14.8. The lowest BCUT2D eigenvalue weighted by molar-refractivity contribution is -0.145. The third-order valence-corrected chi connectivity index (χ3v) is 5.05. The second kappa shape index (κ2) is 5.80. The molecular weight excluding hydrogens is 238 g/mol. The van der Waals surface area contributed by atoms with Crippen molar-refractivity contribution in [2.75, 3.05) is 39.3 Å². The molecule has 0 radical (unpaired) electrons. The molecule has 2 saturated heterocycles. The van der Waals surface area contributed by atoms with Gasteiger partial charge in [-0.25, -0.2) is 0 Å². The minimum absolute atomic E-state index is 0.153. The Morgan fingerprint density at radius 3 is 2.16 bits per heavy atom. The molecule has 4 nitrogen and oxygen atoms in total. The van der Waals surface area contributed by atoms with E-state index in [-0.39, 0.29) is 5.41 Å². The van der Waals surface area contributed by atoms with Crippen LogP contribution in [-0.2, 0) is 4.79 Å². The van der Waals surface area contributed by atoms with Gasteiger partial charge in [-0.05, 0) is 32.7 Å². The van der Waals surface area contributed by atoms with Gasteiger partial charge in [-0.2, -0.15) is 0 Å². The molecule has 2 aliphatic rings. The van der Waals surface area contributed by atoms with E-state index in [1.807, 2.05) is 0 Å². The molecule has 1 N–H and O–H groups in total. The minimum atomic E-state index is -0.153. The van der Waals surface area contributed by atoms with E-state index in [1.165, 1.54) is 0 Å². The SMILES string of the molecule is CC(C)N1CCN(C(=O)C2(C(C)C)CCNC2)CC1. The molecule has 0 bridgehead atoms. The fourth-order valence-electron chi connectivity index (χ4n) is 3.39. The largest absolute Gasteiger partial charge is 0.340 e. The fraction of sp³-hybridized carbons (Fsp3) is 0.933. The lowest BCUT2D eigenvalue weighted by Crippen LogP contribution is -2.56. The normalized spacial score (nSPS) is 29.5. The summed E-state index contributed by atoms with van der Waals surface area (Å²) in [5.41, 5.74) is -0.153. The van der Waals surface area contributed by atoms with Crippen LogP contribution in [0.3, 0.4) is 0 Å². The van der Waals surface area contributed by atoms with Crippen molar-refractivity contribution in [3.05, 3.63) is 0 Å². The molecule has 0 aromatic heterocycles. The van der Waals surface area contributed by atoms with Crippen LogP contribution in [0.1, 0.15) is 34.1 Å². The summed E-state index contributed by atoms with van der Waals surface area (Å²) in [6, 6.07) is 0.587. The molecule has 0 spiro atoms. The summed E-state index contributed by atoms with van der Waals surface area (Å²) < 4.78 is 0. The Morgan fingerprint density at radius 1 is 1.11 bits per heavy atom. The predicted molar refractivity (Wildman–Crippen MR) is 78.0 cm³/mol. The first-order valence-corrected chi connectivity index (χ1v) is 7.71. The maximum absolute atomic E-state index is 12.9. The average Bonchev–Trinajstić information content (AvgIpc) is 2.88. The molecule has 1 atom stereocenters. The summed E-state index contributed by atoms with van der Waals surface area (Å²) in [5, 5.41) is 3.38. The predicted octanol–water partition coefficient (Wildman–Crippen LogP) is 1.17. The van der Waals surface area contributed by atoms with Crippen molar-refractivity contribution < 1.29 is 4.79 Å². The molecule has 2 rings (SSSR count). The number of hydrogen-bond acceptors (Lipinski definition) is 3. The van der Waals surface area contributed by atoms with Crippen LogP contribution in [-0.4, -0.2) is 61.0 Å². The molecule has 1 unspecified atom stereocenters. The zero-order valence-electron chi connectivity index (χ0n) is 12.9. The van der Waals surface area contributed by atoms with Crippen molar-refractivity contribution in [1.29, 1.82) is 0 Å². The van der Waals surface area contributed by atoms with Gasteiger partial charge in [-0.15, -0.1) is 0 Å². The highest BCUT2D eigenvalue weighted by Gasteiger charge is 2.46. The van der Waals surface area contributed by atoms with E-state index in [0.29, 0.717) is 17.9 Å². The maximum atomic E-state index is 12.9. The summed E-state index contributed by atoms with van der Waals surface area (Å²) in [5.74, 6) is 0.800. The van der Waals surface area contributed by atoms with E-state index < -0.39 is 0 Å². The van der Waals surface area contributed by atoms with E-state index in [0.717, 1.165) is 45.7 Å². The fourth-order valence-corrected chi connectivity index (χ4v) is 3.39. The Labute approximate surface area is 117 Å². The van der Waals surface area contributed by atoms with Crippen molar-refractivity contribution in [2.45, 2.75) is 40.2 Å². The quantitative estimate of drug-likeness (QED) is 0.834. The number of piperazine rings is 1.